The van der Waals surface area contributed by atoms with Gasteiger partial charge in [-0.1, -0.05) is 0 Å². The molecule has 110 valence electrons. The fourth-order valence-corrected chi connectivity index (χ4v) is 3.28. The number of ether oxygens (including phenoxy) is 1. The van der Waals surface area contributed by atoms with Gasteiger partial charge in [0.2, 0.25) is 0 Å². The van der Waals surface area contributed by atoms with E-state index in [0.29, 0.717) is 18.5 Å². The molecular formula is C14H20N2O3S. The van der Waals surface area contributed by atoms with Gasteiger partial charge in [0.05, 0.1) is 24.3 Å². The van der Waals surface area contributed by atoms with Crippen molar-refractivity contribution in [1.82, 2.24) is 0 Å². The first kappa shape index (κ1) is 16.3. The first-order valence-corrected chi connectivity index (χ1v) is 7.94. The van der Waals surface area contributed by atoms with Gasteiger partial charge in [-0.15, -0.1) is 0 Å². The molecule has 1 aromatic carbocycles. The van der Waals surface area contributed by atoms with Crippen LogP contribution < -0.4 is 10.5 Å². The molecule has 1 rings (SSSR count). The molecule has 0 saturated carbocycles. The lowest BCUT2D eigenvalue weighted by Gasteiger charge is -2.15. The molecule has 0 amide bonds. The lowest BCUT2D eigenvalue weighted by atomic mass is 9.90. The second-order valence-electron chi connectivity index (χ2n) is 5.33. The summed E-state index contributed by atoms with van der Waals surface area (Å²) < 4.78 is 29.7. The Hall–Kier alpha value is -1.74. The van der Waals surface area contributed by atoms with E-state index in [4.69, 9.17) is 15.7 Å². The highest BCUT2D eigenvalue weighted by Gasteiger charge is 2.22. The lowest BCUT2D eigenvalue weighted by molar-refractivity contribution is 0.402. The number of nitrogens with zero attached hydrogens (tertiary/aromatic N) is 1. The molecule has 0 fully saturated rings. The first-order valence-electron chi connectivity index (χ1n) is 6.29. The van der Waals surface area contributed by atoms with Crippen LogP contribution in [0.25, 0.3) is 0 Å². The zero-order valence-corrected chi connectivity index (χ0v) is 12.8. The van der Waals surface area contributed by atoms with E-state index in [0.717, 1.165) is 0 Å². The molecule has 0 aliphatic rings. The number of methoxy groups -OCH3 is 1. The van der Waals surface area contributed by atoms with E-state index in [1.165, 1.54) is 25.3 Å². The Morgan fingerprint density at radius 3 is 2.60 bits per heavy atom. The molecular weight excluding hydrogens is 276 g/mol. The monoisotopic (exact) mass is 296 g/mol. The van der Waals surface area contributed by atoms with Crippen molar-refractivity contribution in [3.63, 3.8) is 0 Å². The minimum absolute atomic E-state index is 0.0155. The second-order valence-corrected chi connectivity index (χ2v) is 7.41. The smallest absolute Gasteiger partial charge is 0.182 e. The van der Waals surface area contributed by atoms with Gasteiger partial charge >= 0.3 is 0 Å². The first-order chi connectivity index (χ1) is 9.22. The summed E-state index contributed by atoms with van der Waals surface area (Å²) >= 11 is 0. The van der Waals surface area contributed by atoms with Crippen molar-refractivity contribution in [1.29, 1.82) is 5.26 Å². The molecule has 1 aromatic rings. The number of benzene rings is 1. The molecule has 0 bridgehead atoms. The van der Waals surface area contributed by atoms with Crippen LogP contribution in [-0.4, -0.2) is 21.3 Å². The molecule has 0 unspecified atom stereocenters. The van der Waals surface area contributed by atoms with E-state index in [1.54, 1.807) is 13.8 Å². The average molecular weight is 296 g/mol. The largest absolute Gasteiger partial charge is 0.495 e. The van der Waals surface area contributed by atoms with Gasteiger partial charge in [0.15, 0.2) is 9.84 Å². The number of nitrogens with two attached hydrogens (primary N) is 1. The third kappa shape index (κ3) is 4.14. The van der Waals surface area contributed by atoms with Crippen LogP contribution in [0.3, 0.4) is 0 Å². The molecule has 2 N–H and O–H groups in total. The van der Waals surface area contributed by atoms with Gasteiger partial charge < -0.3 is 10.5 Å². The Morgan fingerprint density at radius 2 is 2.05 bits per heavy atom. The van der Waals surface area contributed by atoms with E-state index in [2.05, 4.69) is 6.07 Å². The number of anilines is 1. The Balaban J connectivity index is 2.88. The van der Waals surface area contributed by atoms with Gasteiger partial charge in [0, 0.05) is 11.8 Å². The number of hydrogen-bond acceptors (Lipinski definition) is 5. The van der Waals surface area contributed by atoms with Crippen molar-refractivity contribution in [2.24, 2.45) is 5.41 Å². The van der Waals surface area contributed by atoms with Gasteiger partial charge in [-0.3, -0.25) is 0 Å². The molecule has 0 aliphatic heterocycles. The number of nitriles is 1. The fraction of sp³-hybridized carbons (Fsp3) is 0.500. The summed E-state index contributed by atoms with van der Waals surface area (Å²) in [5.41, 5.74) is 5.55. The highest BCUT2D eigenvalue weighted by molar-refractivity contribution is 7.91. The number of rotatable bonds is 6. The zero-order chi connectivity index (χ0) is 15.4. The summed E-state index contributed by atoms with van der Waals surface area (Å²) in [6.07, 6.45) is 0.955. The van der Waals surface area contributed by atoms with Crippen molar-refractivity contribution in [2.75, 3.05) is 18.6 Å². The van der Waals surface area contributed by atoms with E-state index in [1.807, 2.05) is 0 Å². The van der Waals surface area contributed by atoms with Crippen LogP contribution in [0.5, 0.6) is 5.75 Å². The maximum atomic E-state index is 12.3. The van der Waals surface area contributed by atoms with Gasteiger partial charge in [-0.25, -0.2) is 8.42 Å². The highest BCUT2D eigenvalue weighted by atomic mass is 32.2. The van der Waals surface area contributed by atoms with Crippen molar-refractivity contribution < 1.29 is 13.2 Å². The normalized spacial score (nSPS) is 11.9. The Morgan fingerprint density at radius 1 is 1.40 bits per heavy atom. The highest BCUT2D eigenvalue weighted by Crippen LogP contribution is 2.28. The SMILES string of the molecule is COc1cc(N)ccc1S(=O)(=O)CCCC(C)(C)C#N. The fourth-order valence-electron chi connectivity index (χ4n) is 1.81. The second kappa shape index (κ2) is 6.14. The molecule has 0 spiro atoms. The maximum Gasteiger partial charge on any atom is 0.182 e. The molecule has 6 heteroatoms. The standard InChI is InChI=1S/C14H20N2O3S/c1-14(2,10-15)7-4-8-20(17,18)13-6-5-11(16)9-12(13)19-3/h5-6,9H,4,7-8,16H2,1-3H3. The summed E-state index contributed by atoms with van der Waals surface area (Å²) in [6.45, 7) is 3.59. The van der Waals surface area contributed by atoms with Crippen LogP contribution in [0.4, 0.5) is 5.69 Å². The van der Waals surface area contributed by atoms with Crippen molar-refractivity contribution in [3.8, 4) is 11.8 Å². The molecule has 5 nitrogen and oxygen atoms in total. The van der Waals surface area contributed by atoms with E-state index >= 15 is 0 Å². The third-order valence-corrected chi connectivity index (χ3v) is 4.87. The molecule has 0 heterocycles. The van der Waals surface area contributed by atoms with E-state index < -0.39 is 15.3 Å². The van der Waals surface area contributed by atoms with Crippen molar-refractivity contribution in [3.05, 3.63) is 18.2 Å². The quantitative estimate of drug-likeness (QED) is 0.813. The summed E-state index contributed by atoms with van der Waals surface area (Å²) in [4.78, 5) is 0.143. The van der Waals surface area contributed by atoms with Crippen LogP contribution in [0, 0.1) is 16.7 Å². The minimum Gasteiger partial charge on any atom is -0.495 e. The molecule has 0 atom stereocenters. The summed E-state index contributed by atoms with van der Waals surface area (Å²) in [7, 11) is -2.03. The van der Waals surface area contributed by atoms with Crippen LogP contribution in [0.2, 0.25) is 0 Å². The number of hydrogen-bond donors (Lipinski definition) is 1. The van der Waals surface area contributed by atoms with Gasteiger partial charge in [0.1, 0.15) is 10.6 Å². The van der Waals surface area contributed by atoms with E-state index in [9.17, 15) is 8.42 Å². The topological polar surface area (TPSA) is 93.2 Å². The van der Waals surface area contributed by atoms with Crippen molar-refractivity contribution >= 4 is 15.5 Å². The maximum absolute atomic E-state index is 12.3. The van der Waals surface area contributed by atoms with Gasteiger partial charge in [-0.2, -0.15) is 5.26 Å². The van der Waals surface area contributed by atoms with Crippen LogP contribution >= 0.6 is 0 Å². The number of sulfone groups is 1. The average Bonchev–Trinajstić information content (AvgIpc) is 2.37. The summed E-state index contributed by atoms with van der Waals surface area (Å²) in [6, 6.07) is 6.65. The van der Waals surface area contributed by atoms with Gasteiger partial charge in [-0.05, 0) is 38.8 Å². The minimum atomic E-state index is -3.44. The van der Waals surface area contributed by atoms with Crippen LogP contribution in [0.1, 0.15) is 26.7 Å². The van der Waals surface area contributed by atoms with Crippen LogP contribution in [0.15, 0.2) is 23.1 Å². The predicted octanol–water partition coefficient (Wildman–Crippen LogP) is 2.38. The van der Waals surface area contributed by atoms with Crippen molar-refractivity contribution in [2.45, 2.75) is 31.6 Å². The Kier molecular flexibility index (Phi) is 5.01. The summed E-state index contributed by atoms with van der Waals surface area (Å²) in [5.74, 6) is 0.239. The number of nitrogen functional groups attached to an aromatic ring is 1. The zero-order valence-electron chi connectivity index (χ0n) is 12.0. The molecule has 0 radical (unpaired) electrons. The Bertz CT molecular complexity index is 616. The Labute approximate surface area is 120 Å². The third-order valence-electron chi connectivity index (χ3n) is 3.04. The predicted molar refractivity (Wildman–Crippen MR) is 78.1 cm³/mol. The summed E-state index contributed by atoms with van der Waals surface area (Å²) in [5, 5.41) is 8.92. The van der Waals surface area contributed by atoms with E-state index in [-0.39, 0.29) is 16.4 Å². The van der Waals surface area contributed by atoms with Gasteiger partial charge in [0.25, 0.3) is 0 Å². The lowest BCUT2D eigenvalue weighted by Crippen LogP contribution is -2.13. The molecule has 0 aliphatic carbocycles. The van der Waals surface area contributed by atoms with Crippen LogP contribution in [-0.2, 0) is 9.84 Å². The molecule has 20 heavy (non-hydrogen) atoms. The molecule has 0 saturated heterocycles. The molecule has 0 aromatic heterocycles.